The molecule has 2 aromatic heterocycles. The Kier molecular flexibility index (Phi) is 3.86. The van der Waals surface area contributed by atoms with Gasteiger partial charge in [0.15, 0.2) is 0 Å². The highest BCUT2D eigenvalue weighted by Crippen LogP contribution is 2.32. The van der Waals surface area contributed by atoms with Crippen molar-refractivity contribution in [1.29, 1.82) is 0 Å². The number of aryl methyl sites for hydroxylation is 1. The van der Waals surface area contributed by atoms with E-state index in [1.165, 1.54) is 0 Å². The van der Waals surface area contributed by atoms with Gasteiger partial charge in [-0.05, 0) is 31.2 Å². The number of ether oxygens (including phenoxy) is 1. The number of imidazole rings is 1. The number of nitrogens with two attached hydrogens (primary N) is 1. The van der Waals surface area contributed by atoms with E-state index in [0.717, 1.165) is 34.0 Å². The van der Waals surface area contributed by atoms with Crippen LogP contribution in [0.2, 0.25) is 0 Å². The summed E-state index contributed by atoms with van der Waals surface area (Å²) in [6.45, 7) is 4.81. The van der Waals surface area contributed by atoms with Crippen LogP contribution >= 0.6 is 0 Å². The fraction of sp³-hybridized carbons (Fsp3) is 0.278. The number of aromatic nitrogens is 2. The molecule has 3 rings (SSSR count). The number of rotatable bonds is 4. The average molecular weight is 295 g/mol. The van der Waals surface area contributed by atoms with E-state index < -0.39 is 0 Å². The highest BCUT2D eigenvalue weighted by atomic mass is 16.5. The normalized spacial score (nSPS) is 12.5. The lowest BCUT2D eigenvalue weighted by Crippen LogP contribution is -2.12. The summed E-state index contributed by atoms with van der Waals surface area (Å²) in [5.41, 5.74) is 11.2. The molecule has 1 atom stereocenters. The van der Waals surface area contributed by atoms with Crippen LogP contribution in [0, 0.1) is 6.92 Å². The third-order valence-electron chi connectivity index (χ3n) is 4.04. The van der Waals surface area contributed by atoms with Crippen LogP contribution in [0.3, 0.4) is 0 Å². The molecule has 0 aliphatic carbocycles. The molecule has 114 valence electrons. The van der Waals surface area contributed by atoms with Gasteiger partial charge in [0.2, 0.25) is 0 Å². The summed E-state index contributed by atoms with van der Waals surface area (Å²) in [6, 6.07) is 14.2. The van der Waals surface area contributed by atoms with Gasteiger partial charge in [0.25, 0.3) is 0 Å². The topological polar surface area (TPSA) is 52.5 Å². The Morgan fingerprint density at radius 3 is 2.73 bits per heavy atom. The number of methoxy groups -OCH3 is 1. The van der Waals surface area contributed by atoms with E-state index in [0.29, 0.717) is 6.54 Å². The summed E-state index contributed by atoms with van der Waals surface area (Å²) < 4.78 is 7.54. The number of hydrogen-bond donors (Lipinski definition) is 1. The van der Waals surface area contributed by atoms with Crippen LogP contribution in [0.4, 0.5) is 0 Å². The fourth-order valence-electron chi connectivity index (χ4n) is 2.83. The Morgan fingerprint density at radius 2 is 2.00 bits per heavy atom. The van der Waals surface area contributed by atoms with Gasteiger partial charge in [-0.3, -0.25) is 0 Å². The Bertz CT molecular complexity index is 807. The Morgan fingerprint density at radius 1 is 1.23 bits per heavy atom. The van der Waals surface area contributed by atoms with Gasteiger partial charge in [-0.1, -0.05) is 25.1 Å². The van der Waals surface area contributed by atoms with Gasteiger partial charge in [0.05, 0.1) is 18.5 Å². The average Bonchev–Trinajstić information content (AvgIpc) is 2.95. The molecule has 2 heterocycles. The van der Waals surface area contributed by atoms with Gasteiger partial charge in [0, 0.05) is 23.7 Å². The first-order valence-electron chi connectivity index (χ1n) is 7.48. The summed E-state index contributed by atoms with van der Waals surface area (Å²) in [7, 11) is 1.68. The van der Waals surface area contributed by atoms with E-state index >= 15 is 0 Å². The monoisotopic (exact) mass is 295 g/mol. The van der Waals surface area contributed by atoms with Crippen LogP contribution in [0.5, 0.6) is 5.75 Å². The first kappa shape index (κ1) is 14.6. The Balaban J connectivity index is 2.30. The number of nitrogens with zero attached hydrogens (tertiary/aromatic N) is 2. The first-order chi connectivity index (χ1) is 10.7. The van der Waals surface area contributed by atoms with Gasteiger partial charge in [-0.15, -0.1) is 0 Å². The predicted octanol–water partition coefficient (Wildman–Crippen LogP) is 3.38. The Hall–Kier alpha value is -2.33. The third-order valence-corrected chi connectivity index (χ3v) is 4.04. The lowest BCUT2D eigenvalue weighted by molar-refractivity contribution is 0.415. The molecule has 1 aromatic carbocycles. The van der Waals surface area contributed by atoms with Crippen LogP contribution in [0.25, 0.3) is 16.9 Å². The lowest BCUT2D eigenvalue weighted by atomic mass is 10.0. The van der Waals surface area contributed by atoms with Crippen molar-refractivity contribution in [3.05, 3.63) is 53.9 Å². The first-order valence-corrected chi connectivity index (χ1v) is 7.48. The van der Waals surface area contributed by atoms with Crippen LogP contribution < -0.4 is 10.5 Å². The second-order valence-electron chi connectivity index (χ2n) is 5.58. The summed E-state index contributed by atoms with van der Waals surface area (Å²) in [6.07, 6.45) is 0. The largest absolute Gasteiger partial charge is 0.497 e. The van der Waals surface area contributed by atoms with Crippen molar-refractivity contribution in [2.45, 2.75) is 19.8 Å². The molecule has 4 nitrogen and oxygen atoms in total. The second kappa shape index (κ2) is 5.81. The quantitative estimate of drug-likeness (QED) is 0.802. The minimum atomic E-state index is 0.220. The molecule has 0 spiro atoms. The lowest BCUT2D eigenvalue weighted by Gasteiger charge is -2.13. The SMILES string of the molecule is COc1cccc(-c2nc3cccc(C)n3c2C(C)CN)c1. The zero-order chi connectivity index (χ0) is 15.7. The molecule has 0 bridgehead atoms. The molecule has 1 unspecified atom stereocenters. The van der Waals surface area contributed by atoms with Crippen LogP contribution in [0.1, 0.15) is 24.2 Å². The fourth-order valence-corrected chi connectivity index (χ4v) is 2.83. The van der Waals surface area contributed by atoms with Crippen molar-refractivity contribution in [3.63, 3.8) is 0 Å². The number of pyridine rings is 1. The van der Waals surface area contributed by atoms with Crippen molar-refractivity contribution in [1.82, 2.24) is 9.38 Å². The summed E-state index contributed by atoms with van der Waals surface area (Å²) in [5.74, 6) is 1.05. The molecule has 0 aliphatic rings. The minimum Gasteiger partial charge on any atom is -0.497 e. The summed E-state index contributed by atoms with van der Waals surface area (Å²) in [5, 5.41) is 0. The number of hydrogen-bond acceptors (Lipinski definition) is 3. The van der Waals surface area contributed by atoms with Crippen LogP contribution in [-0.4, -0.2) is 23.0 Å². The minimum absolute atomic E-state index is 0.220. The van der Waals surface area contributed by atoms with Crippen molar-refractivity contribution in [2.24, 2.45) is 5.73 Å². The number of benzene rings is 1. The van der Waals surface area contributed by atoms with Gasteiger partial charge in [-0.25, -0.2) is 4.98 Å². The van der Waals surface area contributed by atoms with Crippen LogP contribution in [-0.2, 0) is 0 Å². The molecule has 3 aromatic rings. The van der Waals surface area contributed by atoms with Crippen molar-refractivity contribution in [3.8, 4) is 17.0 Å². The molecular formula is C18H21N3O. The van der Waals surface area contributed by atoms with Crippen molar-refractivity contribution >= 4 is 5.65 Å². The molecule has 0 fully saturated rings. The summed E-state index contributed by atoms with van der Waals surface area (Å²) >= 11 is 0. The molecule has 0 aliphatic heterocycles. The highest BCUT2D eigenvalue weighted by molar-refractivity contribution is 5.69. The van der Waals surface area contributed by atoms with Gasteiger partial charge >= 0.3 is 0 Å². The van der Waals surface area contributed by atoms with Gasteiger partial charge < -0.3 is 14.9 Å². The van der Waals surface area contributed by atoms with E-state index in [9.17, 15) is 0 Å². The third kappa shape index (κ3) is 2.35. The van der Waals surface area contributed by atoms with E-state index in [4.69, 9.17) is 15.5 Å². The van der Waals surface area contributed by atoms with E-state index in [1.54, 1.807) is 7.11 Å². The predicted molar refractivity (Wildman–Crippen MR) is 89.4 cm³/mol. The molecule has 4 heteroatoms. The number of fused-ring (bicyclic) bond motifs is 1. The maximum absolute atomic E-state index is 5.94. The molecule has 0 radical (unpaired) electrons. The standard InChI is InChI=1S/C18H21N3O/c1-12(11-19)18-17(14-7-5-8-15(10-14)22-3)20-16-9-4-6-13(2)21(16)18/h4-10,12H,11,19H2,1-3H3. The maximum atomic E-state index is 5.94. The smallest absolute Gasteiger partial charge is 0.137 e. The van der Waals surface area contributed by atoms with Gasteiger partial charge in [0.1, 0.15) is 11.4 Å². The Labute approximate surface area is 130 Å². The molecule has 22 heavy (non-hydrogen) atoms. The van der Waals surface area contributed by atoms with Gasteiger partial charge in [-0.2, -0.15) is 0 Å². The van der Waals surface area contributed by atoms with Crippen LogP contribution in [0.15, 0.2) is 42.5 Å². The van der Waals surface area contributed by atoms with Crippen molar-refractivity contribution < 1.29 is 4.74 Å². The second-order valence-corrected chi connectivity index (χ2v) is 5.58. The molecule has 2 N–H and O–H groups in total. The highest BCUT2D eigenvalue weighted by Gasteiger charge is 2.19. The zero-order valence-corrected chi connectivity index (χ0v) is 13.2. The zero-order valence-electron chi connectivity index (χ0n) is 13.2. The maximum Gasteiger partial charge on any atom is 0.137 e. The van der Waals surface area contributed by atoms with Crippen molar-refractivity contribution in [2.75, 3.05) is 13.7 Å². The summed E-state index contributed by atoms with van der Waals surface area (Å²) in [4.78, 5) is 4.84. The molecule has 0 amide bonds. The molecular weight excluding hydrogens is 274 g/mol. The molecule has 0 saturated carbocycles. The van der Waals surface area contributed by atoms with E-state index in [-0.39, 0.29) is 5.92 Å². The van der Waals surface area contributed by atoms with E-state index in [2.05, 4.69) is 30.4 Å². The van der Waals surface area contributed by atoms with E-state index in [1.807, 2.05) is 30.3 Å². The molecule has 0 saturated heterocycles.